The van der Waals surface area contributed by atoms with E-state index in [9.17, 15) is 10.1 Å². The second kappa shape index (κ2) is 9.57. The van der Waals surface area contributed by atoms with E-state index in [4.69, 9.17) is 11.2 Å². The molecule has 0 aromatic heterocycles. The number of carbonyl (C=O) groups is 1. The van der Waals surface area contributed by atoms with E-state index < -0.39 is 0 Å². The molecule has 1 aliphatic heterocycles. The molecule has 0 saturated heterocycles. The van der Waals surface area contributed by atoms with Crippen LogP contribution in [0.15, 0.2) is 42.5 Å². The molecule has 2 aromatic rings. The van der Waals surface area contributed by atoms with Gasteiger partial charge in [0, 0.05) is 6.04 Å². The van der Waals surface area contributed by atoms with Crippen molar-refractivity contribution in [2.45, 2.75) is 88.8 Å². The molecule has 37 heavy (non-hydrogen) atoms. The van der Waals surface area contributed by atoms with Crippen molar-refractivity contribution in [3.63, 3.8) is 0 Å². The topological polar surface area (TPSA) is 53.3 Å². The molecule has 4 bridgehead atoms. The van der Waals surface area contributed by atoms with Crippen molar-refractivity contribution in [2.24, 2.45) is 17.8 Å². The number of terminal acetylenes is 1. The summed E-state index contributed by atoms with van der Waals surface area (Å²) in [7, 11) is 0. The minimum absolute atomic E-state index is 0.00607. The highest BCUT2D eigenvalue weighted by Gasteiger charge is 2.52. The molecule has 1 amide bonds. The Bertz CT molecular complexity index is 1230. The van der Waals surface area contributed by atoms with Crippen LogP contribution >= 0.6 is 0 Å². The second-order valence-corrected chi connectivity index (χ2v) is 12.0. The number of nitrogens with zero attached hydrogens (tertiary/aromatic N) is 2. The lowest BCUT2D eigenvalue weighted by molar-refractivity contribution is -0.130. The summed E-state index contributed by atoms with van der Waals surface area (Å²) in [5.41, 5.74) is 3.76. The minimum Gasteiger partial charge on any atom is -0.487 e. The number of amides is 1. The van der Waals surface area contributed by atoms with E-state index in [2.05, 4.69) is 43.2 Å². The highest BCUT2D eigenvalue weighted by Crippen LogP contribution is 2.57. The molecule has 4 fully saturated rings. The quantitative estimate of drug-likeness (QED) is 0.429. The zero-order valence-corrected chi connectivity index (χ0v) is 21.8. The number of hydrogen-bond acceptors (Lipinski definition) is 3. The fourth-order valence-corrected chi connectivity index (χ4v) is 8.39. The van der Waals surface area contributed by atoms with E-state index in [1.54, 1.807) is 0 Å². The summed E-state index contributed by atoms with van der Waals surface area (Å²) < 4.78 is 6.78. The van der Waals surface area contributed by atoms with Crippen molar-refractivity contribution in [2.75, 3.05) is 0 Å². The summed E-state index contributed by atoms with van der Waals surface area (Å²) >= 11 is 0. The third kappa shape index (κ3) is 4.31. The molecule has 0 spiro atoms. The van der Waals surface area contributed by atoms with Crippen LogP contribution in [-0.2, 0) is 11.2 Å². The number of rotatable bonds is 6. The zero-order valence-electron chi connectivity index (χ0n) is 21.8. The van der Waals surface area contributed by atoms with Gasteiger partial charge in [-0.25, -0.2) is 0 Å². The Balaban J connectivity index is 1.34. The van der Waals surface area contributed by atoms with Crippen LogP contribution in [0.4, 0.5) is 0 Å². The van der Waals surface area contributed by atoms with Crippen LogP contribution in [-0.4, -0.2) is 22.4 Å². The fourth-order valence-electron chi connectivity index (χ4n) is 8.39. The van der Waals surface area contributed by atoms with E-state index in [1.165, 1.54) is 38.5 Å². The number of ether oxygens (including phenoxy) is 1. The summed E-state index contributed by atoms with van der Waals surface area (Å²) in [5.74, 6) is 5.54. The Labute approximate surface area is 221 Å². The summed E-state index contributed by atoms with van der Waals surface area (Å²) in [6, 6.07) is 16.2. The first kappa shape index (κ1) is 24.1. The van der Waals surface area contributed by atoms with E-state index in [0.29, 0.717) is 12.0 Å². The van der Waals surface area contributed by atoms with Gasteiger partial charge >= 0.3 is 0 Å². The zero-order chi connectivity index (χ0) is 25.6. The summed E-state index contributed by atoms with van der Waals surface area (Å²) in [4.78, 5) is 15.1. The Hall–Kier alpha value is -3.24. The summed E-state index contributed by atoms with van der Waals surface area (Å²) in [6.45, 7) is 2.16. The van der Waals surface area contributed by atoms with Gasteiger partial charge in [0.1, 0.15) is 11.4 Å². The SMILES string of the molecule is C#CC(=O)N1C(c2ccc(OC34CC5CC(CC(C5)C3)C4)cc2)c2cccc(C#N)c2C[C@@H]1CCCC. The Morgan fingerprint density at radius 3 is 2.35 bits per heavy atom. The highest BCUT2D eigenvalue weighted by molar-refractivity contribution is 5.94. The van der Waals surface area contributed by atoms with Crippen molar-refractivity contribution in [3.8, 4) is 24.2 Å². The predicted molar refractivity (Wildman–Crippen MR) is 144 cm³/mol. The molecule has 190 valence electrons. The number of carbonyl (C=O) groups excluding carboxylic acids is 1. The van der Waals surface area contributed by atoms with Crippen LogP contribution in [0.5, 0.6) is 5.75 Å². The molecule has 4 aliphatic carbocycles. The molecule has 0 N–H and O–H groups in total. The van der Waals surface area contributed by atoms with Crippen molar-refractivity contribution >= 4 is 5.91 Å². The Kier molecular flexibility index (Phi) is 6.24. The lowest BCUT2D eigenvalue weighted by Gasteiger charge is -2.56. The Morgan fingerprint density at radius 1 is 1.08 bits per heavy atom. The van der Waals surface area contributed by atoms with Crippen LogP contribution in [0.3, 0.4) is 0 Å². The lowest BCUT2D eigenvalue weighted by Crippen LogP contribution is -2.53. The van der Waals surface area contributed by atoms with Gasteiger partial charge in [0.15, 0.2) is 0 Å². The van der Waals surface area contributed by atoms with Crippen molar-refractivity contribution < 1.29 is 9.53 Å². The summed E-state index contributed by atoms with van der Waals surface area (Å²) in [5, 5.41) is 9.84. The maximum Gasteiger partial charge on any atom is 0.299 e. The molecule has 2 aromatic carbocycles. The van der Waals surface area contributed by atoms with Gasteiger partial charge in [-0.15, -0.1) is 6.42 Å². The van der Waals surface area contributed by atoms with Crippen LogP contribution in [0.1, 0.15) is 93.0 Å². The number of fused-ring (bicyclic) bond motifs is 1. The molecule has 2 atom stereocenters. The number of hydrogen-bond donors (Lipinski definition) is 0. The first-order valence-corrected chi connectivity index (χ1v) is 14.1. The van der Waals surface area contributed by atoms with Crippen LogP contribution < -0.4 is 4.74 Å². The maximum atomic E-state index is 13.2. The van der Waals surface area contributed by atoms with Crippen LogP contribution in [0, 0.1) is 41.4 Å². The first-order chi connectivity index (χ1) is 18.0. The molecular formula is C33H36N2O2. The molecule has 7 rings (SSSR count). The van der Waals surface area contributed by atoms with Gasteiger partial charge in [0.25, 0.3) is 5.91 Å². The van der Waals surface area contributed by atoms with E-state index in [1.807, 2.05) is 23.1 Å². The van der Waals surface area contributed by atoms with E-state index >= 15 is 0 Å². The second-order valence-electron chi connectivity index (χ2n) is 12.0. The van der Waals surface area contributed by atoms with Gasteiger partial charge in [-0.1, -0.05) is 44.0 Å². The molecule has 1 unspecified atom stereocenters. The van der Waals surface area contributed by atoms with E-state index in [-0.39, 0.29) is 23.6 Å². The number of unbranched alkanes of at least 4 members (excludes halogenated alkanes) is 1. The normalized spacial score (nSPS) is 31.3. The van der Waals surface area contributed by atoms with Gasteiger partial charge in [0.05, 0.1) is 17.7 Å². The van der Waals surface area contributed by atoms with Crippen molar-refractivity contribution in [1.29, 1.82) is 5.26 Å². The molecule has 4 heteroatoms. The number of benzene rings is 2. The fraction of sp³-hybridized carbons (Fsp3) is 0.515. The van der Waals surface area contributed by atoms with Crippen LogP contribution in [0.2, 0.25) is 0 Å². The molecule has 4 saturated carbocycles. The molecule has 5 aliphatic rings. The average molecular weight is 493 g/mol. The van der Waals surface area contributed by atoms with Gasteiger partial charge in [-0.3, -0.25) is 4.79 Å². The third-order valence-electron chi connectivity index (χ3n) is 9.50. The minimum atomic E-state index is -0.309. The van der Waals surface area contributed by atoms with Gasteiger partial charge in [0.2, 0.25) is 0 Å². The monoisotopic (exact) mass is 492 g/mol. The standard InChI is InChI=1S/C33H36N2O2/c1-3-5-8-27-17-30-26(21-34)7-6-9-29(30)32(35(27)31(36)4-2)25-10-12-28(13-11-25)37-33-18-22-14-23(19-33)16-24(15-22)20-33/h2,6-7,9-13,22-24,27,32H,3,5,8,14-20H2,1H3/t22?,23?,24?,27-,32?,33?/m0/s1. The lowest BCUT2D eigenvalue weighted by atomic mass is 9.54. The van der Waals surface area contributed by atoms with Gasteiger partial charge < -0.3 is 9.64 Å². The molecular weight excluding hydrogens is 456 g/mol. The van der Waals surface area contributed by atoms with Gasteiger partial charge in [-0.05, 0) is 110 Å². The largest absolute Gasteiger partial charge is 0.487 e. The molecule has 0 radical (unpaired) electrons. The van der Waals surface area contributed by atoms with Crippen molar-refractivity contribution in [1.82, 2.24) is 4.90 Å². The Morgan fingerprint density at radius 2 is 1.76 bits per heavy atom. The average Bonchev–Trinajstić information content (AvgIpc) is 2.89. The summed E-state index contributed by atoms with van der Waals surface area (Å²) in [6.07, 6.45) is 17.0. The smallest absolute Gasteiger partial charge is 0.299 e. The first-order valence-electron chi connectivity index (χ1n) is 14.1. The van der Waals surface area contributed by atoms with Crippen LogP contribution in [0.25, 0.3) is 0 Å². The predicted octanol–water partition coefficient (Wildman–Crippen LogP) is 6.57. The highest BCUT2D eigenvalue weighted by atomic mass is 16.5. The third-order valence-corrected chi connectivity index (χ3v) is 9.50. The van der Waals surface area contributed by atoms with E-state index in [0.717, 1.165) is 59.5 Å². The maximum absolute atomic E-state index is 13.2. The molecule has 4 nitrogen and oxygen atoms in total. The van der Waals surface area contributed by atoms with Gasteiger partial charge in [-0.2, -0.15) is 5.26 Å². The molecule has 1 heterocycles. The van der Waals surface area contributed by atoms with Crippen molar-refractivity contribution in [3.05, 3.63) is 64.7 Å². The number of nitriles is 1.